The summed E-state index contributed by atoms with van der Waals surface area (Å²) in [6.07, 6.45) is 15.0. The number of hydrogen-bond donors (Lipinski definition) is 0. The van der Waals surface area contributed by atoms with Crippen LogP contribution in [-0.4, -0.2) is 14.5 Å². The summed E-state index contributed by atoms with van der Waals surface area (Å²) in [6.45, 7) is 5.95. The van der Waals surface area contributed by atoms with Crippen LogP contribution in [0.25, 0.3) is 87.1 Å². The average Bonchev–Trinajstić information content (AvgIpc) is 3.94. The molecule has 0 radical (unpaired) electrons. The van der Waals surface area contributed by atoms with Crippen LogP contribution in [0.4, 0.5) is 0 Å². The highest BCUT2D eigenvalue weighted by atomic mass is 32.1. The first-order chi connectivity index (χ1) is 30.1. The summed E-state index contributed by atoms with van der Waals surface area (Å²) in [5.41, 5.74) is 15.4. The molecule has 3 nitrogen and oxygen atoms in total. The van der Waals surface area contributed by atoms with Crippen molar-refractivity contribution in [2.75, 3.05) is 0 Å². The third kappa shape index (κ3) is 5.03. The van der Waals surface area contributed by atoms with Crippen molar-refractivity contribution in [1.82, 2.24) is 14.5 Å². The number of hydrogen-bond acceptors (Lipinski definition) is 3. The fourth-order valence-electron chi connectivity index (χ4n) is 13.0. The lowest BCUT2D eigenvalue weighted by Gasteiger charge is -2.61. The Morgan fingerprint density at radius 2 is 1.33 bits per heavy atom. The zero-order valence-corrected chi connectivity index (χ0v) is 35.1. The lowest BCUT2D eigenvalue weighted by Crippen LogP contribution is -2.55. The van der Waals surface area contributed by atoms with Crippen molar-refractivity contribution in [2.45, 2.75) is 44.4 Å². The molecule has 61 heavy (non-hydrogen) atoms. The Morgan fingerprint density at radius 3 is 2.15 bits per heavy atom. The van der Waals surface area contributed by atoms with Crippen molar-refractivity contribution in [3.05, 3.63) is 181 Å². The van der Waals surface area contributed by atoms with Crippen LogP contribution in [0, 0.1) is 23.7 Å². The van der Waals surface area contributed by atoms with Crippen LogP contribution in [0.3, 0.4) is 0 Å². The molecule has 6 aromatic carbocycles. The molecule has 0 saturated heterocycles. The molecule has 3 aromatic heterocycles. The van der Waals surface area contributed by atoms with E-state index in [4.69, 9.17) is 9.97 Å². The molecular formula is C57H45N3S. The van der Waals surface area contributed by atoms with E-state index in [1.165, 1.54) is 86.4 Å². The highest BCUT2D eigenvalue weighted by Gasteiger charge is 2.61. The van der Waals surface area contributed by atoms with Gasteiger partial charge < -0.3 is 0 Å². The second kappa shape index (κ2) is 13.3. The number of benzene rings is 6. The minimum absolute atomic E-state index is 0.165. The molecular weight excluding hydrogens is 759 g/mol. The average molecular weight is 804 g/mol. The summed E-state index contributed by atoms with van der Waals surface area (Å²) in [6, 6.07) is 50.1. The van der Waals surface area contributed by atoms with Gasteiger partial charge in [0.05, 0.1) is 16.7 Å². The standard InChI is InChI=1S/C57H45N3S/c1-3-4-5-13-34(2)37-22-24-38(25-23-37)54-53-45-16-8-11-21-51(45)61-55(53)59-56(58-54)60-49-19-10-7-15-44(49)52-42(17-12-20-50(52)60)39-26-27-48-46(33-39)43-14-6-9-18-47(43)57(48)40-29-35-28-36(31-40)32-41(57)30-35/h3-27,33,35-36,40-41H,1,28-32H2,2H3/b5-4-,34-13+. The molecule has 4 fully saturated rings. The molecule has 0 unspecified atom stereocenters. The molecule has 4 saturated carbocycles. The van der Waals surface area contributed by atoms with E-state index in [0.29, 0.717) is 5.95 Å². The minimum Gasteiger partial charge on any atom is -0.278 e. The Kier molecular flexibility index (Phi) is 7.73. The monoisotopic (exact) mass is 803 g/mol. The van der Waals surface area contributed by atoms with Crippen LogP contribution in [-0.2, 0) is 5.41 Å². The van der Waals surface area contributed by atoms with Gasteiger partial charge in [-0.2, -0.15) is 0 Å². The van der Waals surface area contributed by atoms with Gasteiger partial charge >= 0.3 is 0 Å². The van der Waals surface area contributed by atoms with Gasteiger partial charge in [0.25, 0.3) is 0 Å². The smallest absolute Gasteiger partial charge is 0.236 e. The van der Waals surface area contributed by atoms with Crippen LogP contribution >= 0.6 is 11.3 Å². The molecule has 5 aliphatic rings. The van der Waals surface area contributed by atoms with Crippen LogP contribution < -0.4 is 0 Å². The highest BCUT2D eigenvalue weighted by molar-refractivity contribution is 7.25. The third-order valence-corrected chi connectivity index (χ3v) is 16.3. The minimum atomic E-state index is 0.165. The van der Waals surface area contributed by atoms with Gasteiger partial charge in [-0.25, -0.2) is 9.97 Å². The van der Waals surface area contributed by atoms with Gasteiger partial charge in [-0.3, -0.25) is 4.57 Å². The Bertz CT molecular complexity index is 3330. The number of thiophene rings is 1. The fraction of sp³-hybridized carbons (Fsp3) is 0.193. The molecule has 0 N–H and O–H groups in total. The van der Waals surface area contributed by atoms with E-state index in [2.05, 4.69) is 158 Å². The third-order valence-electron chi connectivity index (χ3n) is 15.2. The summed E-state index contributed by atoms with van der Waals surface area (Å²) < 4.78 is 3.52. The van der Waals surface area contributed by atoms with E-state index >= 15 is 0 Å². The summed E-state index contributed by atoms with van der Waals surface area (Å²) in [7, 11) is 0. The predicted octanol–water partition coefficient (Wildman–Crippen LogP) is 15.1. The predicted molar refractivity (Wildman–Crippen MR) is 256 cm³/mol. The number of aromatic nitrogens is 3. The summed E-state index contributed by atoms with van der Waals surface area (Å²) in [5, 5.41) is 4.75. The van der Waals surface area contributed by atoms with Gasteiger partial charge in [0.2, 0.25) is 5.95 Å². The van der Waals surface area contributed by atoms with Crippen LogP contribution in [0.15, 0.2) is 164 Å². The Balaban J connectivity index is 0.998. The molecule has 0 atom stereocenters. The van der Waals surface area contributed by atoms with Crippen LogP contribution in [0.5, 0.6) is 0 Å². The zero-order chi connectivity index (χ0) is 40.4. The van der Waals surface area contributed by atoms with Gasteiger partial charge in [-0.1, -0.05) is 140 Å². The normalized spacial score (nSPS) is 22.7. The first kappa shape index (κ1) is 35.4. The second-order valence-electron chi connectivity index (χ2n) is 18.2. The van der Waals surface area contributed by atoms with Crippen molar-refractivity contribution in [2.24, 2.45) is 23.7 Å². The highest BCUT2D eigenvalue weighted by Crippen LogP contribution is 2.69. The van der Waals surface area contributed by atoms with Crippen molar-refractivity contribution in [3.8, 4) is 39.5 Å². The van der Waals surface area contributed by atoms with E-state index in [9.17, 15) is 0 Å². The quantitative estimate of drug-likeness (QED) is 0.157. The lowest BCUT2D eigenvalue weighted by atomic mass is 9.43. The molecule has 9 aromatic rings. The number of allylic oxidation sites excluding steroid dienone is 5. The number of para-hydroxylation sites is 1. The SMILES string of the molecule is C=C/C=C\C=C(/C)c1ccc(-c2nc(-n3c4ccccc4c4c(-c5ccc6c(c5)-c5ccccc5C65C6CC7CC(C6)CC5C7)cccc43)nc3sc4ccccc4c23)cc1. The maximum atomic E-state index is 5.55. The molecule has 14 rings (SSSR count). The fourth-order valence-corrected chi connectivity index (χ4v) is 14.1. The molecule has 4 bridgehead atoms. The van der Waals surface area contributed by atoms with Gasteiger partial charge in [0.15, 0.2) is 0 Å². The number of rotatable bonds is 6. The summed E-state index contributed by atoms with van der Waals surface area (Å²) in [4.78, 5) is 12.0. The van der Waals surface area contributed by atoms with E-state index in [0.717, 1.165) is 56.2 Å². The first-order valence-electron chi connectivity index (χ1n) is 22.1. The number of nitrogens with zero attached hydrogens (tertiary/aromatic N) is 3. The lowest BCUT2D eigenvalue weighted by molar-refractivity contribution is -0.0399. The van der Waals surface area contributed by atoms with Crippen molar-refractivity contribution in [1.29, 1.82) is 0 Å². The number of fused-ring (bicyclic) bond motifs is 9. The van der Waals surface area contributed by atoms with Gasteiger partial charge in [0, 0.05) is 37.2 Å². The first-order valence-corrected chi connectivity index (χ1v) is 22.9. The zero-order valence-electron chi connectivity index (χ0n) is 34.3. The topological polar surface area (TPSA) is 30.7 Å². The maximum Gasteiger partial charge on any atom is 0.236 e. The Hall–Kier alpha value is -6.36. The molecule has 0 aliphatic heterocycles. The van der Waals surface area contributed by atoms with Gasteiger partial charge in [-0.15, -0.1) is 11.3 Å². The molecule has 0 amide bonds. The Labute approximate surface area is 360 Å². The molecule has 3 heterocycles. The maximum absolute atomic E-state index is 5.55. The molecule has 5 aliphatic carbocycles. The largest absolute Gasteiger partial charge is 0.278 e. The van der Waals surface area contributed by atoms with Crippen LogP contribution in [0.1, 0.15) is 55.7 Å². The summed E-state index contributed by atoms with van der Waals surface area (Å²) in [5.74, 6) is 4.07. The summed E-state index contributed by atoms with van der Waals surface area (Å²) >= 11 is 1.75. The van der Waals surface area contributed by atoms with Gasteiger partial charge in [0.1, 0.15) is 4.83 Å². The van der Waals surface area contributed by atoms with E-state index in [-0.39, 0.29) is 5.41 Å². The van der Waals surface area contributed by atoms with Crippen molar-refractivity contribution < 1.29 is 0 Å². The van der Waals surface area contributed by atoms with E-state index in [1.807, 2.05) is 12.2 Å². The van der Waals surface area contributed by atoms with Crippen LogP contribution in [0.2, 0.25) is 0 Å². The second-order valence-corrected chi connectivity index (χ2v) is 19.3. The molecule has 294 valence electrons. The van der Waals surface area contributed by atoms with Gasteiger partial charge in [-0.05, 0) is 131 Å². The van der Waals surface area contributed by atoms with Crippen molar-refractivity contribution >= 4 is 59.0 Å². The molecule has 1 spiro atoms. The van der Waals surface area contributed by atoms with Crippen molar-refractivity contribution in [3.63, 3.8) is 0 Å². The van der Waals surface area contributed by atoms with E-state index < -0.39 is 0 Å². The molecule has 4 heteroatoms. The Morgan fingerprint density at radius 1 is 0.639 bits per heavy atom. The van der Waals surface area contributed by atoms with E-state index in [1.54, 1.807) is 28.5 Å².